The highest BCUT2D eigenvalue weighted by molar-refractivity contribution is 5.97. The number of aryl methyl sites for hydroxylation is 3. The number of hydrogen-bond donors (Lipinski definition) is 7. The van der Waals surface area contributed by atoms with Crippen LogP contribution in [0.25, 0.3) is 32.7 Å². The van der Waals surface area contributed by atoms with Gasteiger partial charge in [-0.25, -0.2) is 16.4 Å². The average molecular weight is 1370 g/mol. The highest BCUT2D eigenvalue weighted by Crippen LogP contribution is 2.58. The zero-order valence-corrected chi connectivity index (χ0v) is 57.3. The molecule has 4 aliphatic rings. The molecule has 9 aromatic rings. The molecule has 3 saturated carbocycles. The minimum atomic E-state index is -0.933. The van der Waals surface area contributed by atoms with E-state index in [1.807, 2.05) is 172 Å². The van der Waals surface area contributed by atoms with Gasteiger partial charge in [0.05, 0.1) is 76.4 Å². The molecule has 0 spiro atoms. The number of nitrogens with one attached hydrogen (secondary N) is 3. The normalized spacial score (nSPS) is 20.6. The molecule has 101 heavy (non-hydrogen) atoms. The zero-order chi connectivity index (χ0) is 71.4. The lowest BCUT2D eigenvalue weighted by atomic mass is 9.91. The van der Waals surface area contributed by atoms with E-state index < -0.39 is 63.7 Å². The highest BCUT2D eigenvalue weighted by atomic mass is 16.5. The van der Waals surface area contributed by atoms with Crippen molar-refractivity contribution in [2.24, 2.45) is 34.0 Å². The van der Waals surface area contributed by atoms with Crippen LogP contribution >= 0.6 is 0 Å². The van der Waals surface area contributed by atoms with E-state index in [4.69, 9.17) is 34.1 Å². The van der Waals surface area contributed by atoms with Crippen LogP contribution in [-0.2, 0) is 83.7 Å². The lowest BCUT2D eigenvalue weighted by Crippen LogP contribution is -2.44. The van der Waals surface area contributed by atoms with E-state index in [1.54, 1.807) is 35.2 Å². The zero-order valence-electron chi connectivity index (χ0n) is 57.3. The fraction of sp³-hybridized carbons (Fsp3) is 0.354. The van der Waals surface area contributed by atoms with Crippen molar-refractivity contribution in [1.82, 2.24) is 36.3 Å². The molecule has 0 radical (unpaired) electrons. The van der Waals surface area contributed by atoms with Crippen LogP contribution in [0.2, 0.25) is 0 Å². The quantitative estimate of drug-likeness (QED) is 0.0159. The molecule has 1 saturated heterocycles. The van der Waals surface area contributed by atoms with Gasteiger partial charge in [-0.3, -0.25) is 59.3 Å². The molecule has 3 aromatic heterocycles. The van der Waals surface area contributed by atoms with Crippen LogP contribution in [0.4, 0.5) is 0 Å². The van der Waals surface area contributed by atoms with Gasteiger partial charge in [-0.2, -0.15) is 0 Å². The Morgan fingerprint density at radius 2 is 0.842 bits per heavy atom. The van der Waals surface area contributed by atoms with E-state index in [2.05, 4.69) is 27.9 Å². The molecule has 22 nitrogen and oxygen atoms in total. The average Bonchev–Trinajstić information content (AvgIpc) is 1.56. The van der Waals surface area contributed by atoms with Crippen molar-refractivity contribution in [2.75, 3.05) is 26.4 Å². The predicted octanol–water partition coefficient (Wildman–Crippen LogP) is 10.9. The van der Waals surface area contributed by atoms with Crippen molar-refractivity contribution in [1.29, 1.82) is 0 Å². The Kier molecular flexibility index (Phi) is 22.7. The minimum Gasteiger partial charge on any atom is -0.489 e. The third kappa shape index (κ3) is 16.3. The summed E-state index contributed by atoms with van der Waals surface area (Å²) in [5.74, 6) is -2.24. The number of likely N-dealkylation sites (tertiary alicyclic amines) is 1. The Morgan fingerprint density at radius 1 is 0.485 bits per heavy atom. The smallest absolute Gasteiger partial charge is 0.313 e. The summed E-state index contributed by atoms with van der Waals surface area (Å²) in [6, 6.07) is 52.5. The summed E-state index contributed by atoms with van der Waals surface area (Å²) in [6.45, 7) is 11.7. The Labute approximate surface area is 585 Å². The molecule has 6 aromatic carbocycles. The summed E-state index contributed by atoms with van der Waals surface area (Å²) in [7, 11) is 0. The number of rotatable bonds is 25. The third-order valence-corrected chi connectivity index (χ3v) is 19.7. The van der Waals surface area contributed by atoms with Crippen molar-refractivity contribution >= 4 is 68.3 Å². The fourth-order valence-electron chi connectivity index (χ4n) is 14.1. The lowest BCUT2D eigenvalue weighted by Gasteiger charge is -2.28. The maximum atomic E-state index is 13.5. The van der Waals surface area contributed by atoms with Crippen LogP contribution in [0.3, 0.4) is 0 Å². The molecule has 13 rings (SSSR count). The number of fused-ring (bicyclic) bond motifs is 3. The first-order chi connectivity index (χ1) is 48.9. The van der Waals surface area contributed by atoms with Crippen LogP contribution < -0.4 is 30.7 Å². The number of aliphatic hydroxyl groups excluding tert-OH is 1. The first-order valence-electron chi connectivity index (χ1n) is 34.2. The van der Waals surface area contributed by atoms with Gasteiger partial charge in [0.25, 0.3) is 0 Å². The Morgan fingerprint density at radius 3 is 1.22 bits per heavy atom. The van der Waals surface area contributed by atoms with E-state index in [0.29, 0.717) is 82.1 Å². The summed E-state index contributed by atoms with van der Waals surface area (Å²) >= 11 is 0. The molecule has 4 fully saturated rings. The molecule has 526 valence electrons. The molecule has 4 amide bonds. The van der Waals surface area contributed by atoms with Gasteiger partial charge in [0.1, 0.15) is 37.1 Å². The predicted molar refractivity (Wildman–Crippen MR) is 374 cm³/mol. The van der Waals surface area contributed by atoms with E-state index in [-0.39, 0.29) is 31.8 Å². The number of benzene rings is 6. The fourth-order valence-corrected chi connectivity index (χ4v) is 14.1. The molecule has 7 atom stereocenters. The van der Waals surface area contributed by atoms with Crippen molar-refractivity contribution in [2.45, 2.75) is 118 Å². The molecule has 4 heterocycles. The Balaban J connectivity index is 0.000000153. The number of esters is 2. The van der Waals surface area contributed by atoms with E-state index in [1.165, 1.54) is 0 Å². The molecular formula is C79H85N7O15. The summed E-state index contributed by atoms with van der Waals surface area (Å²) in [5.41, 5.74) is 13.9. The first kappa shape index (κ1) is 71.9. The van der Waals surface area contributed by atoms with Gasteiger partial charge in [-0.05, 0) is 175 Å². The Bertz CT molecular complexity index is 4480. The van der Waals surface area contributed by atoms with E-state index in [9.17, 15) is 39.1 Å². The van der Waals surface area contributed by atoms with Crippen LogP contribution in [0.1, 0.15) is 103 Å². The number of carbonyl (C=O) groups is 6. The van der Waals surface area contributed by atoms with E-state index >= 15 is 0 Å². The first-order valence-corrected chi connectivity index (χ1v) is 34.2. The number of amides is 4. The Hall–Kier alpha value is -10.4. The second-order valence-corrected chi connectivity index (χ2v) is 26.4. The molecule has 3 aliphatic carbocycles. The number of pyridine rings is 3. The van der Waals surface area contributed by atoms with Crippen molar-refractivity contribution in [3.8, 4) is 17.2 Å². The monoisotopic (exact) mass is 1370 g/mol. The van der Waals surface area contributed by atoms with Gasteiger partial charge in [-0.1, -0.05) is 97.9 Å². The van der Waals surface area contributed by atoms with Gasteiger partial charge >= 0.3 is 11.9 Å². The third-order valence-electron chi connectivity index (χ3n) is 19.7. The van der Waals surface area contributed by atoms with Gasteiger partial charge < -0.3 is 33.7 Å². The van der Waals surface area contributed by atoms with Crippen molar-refractivity contribution in [3.05, 3.63) is 214 Å². The molecule has 7 N–H and O–H groups in total. The molecular weight excluding hydrogens is 1290 g/mol. The summed E-state index contributed by atoms with van der Waals surface area (Å²) < 4.78 is 28.5. The van der Waals surface area contributed by atoms with Crippen LogP contribution in [0, 0.1) is 47.8 Å². The van der Waals surface area contributed by atoms with E-state index in [0.717, 1.165) is 102 Å². The SMILES string of the molecule is CCOC(=O)[C@@]1(Cc2ccc(OCc3cc(C)nc4ccccc34)cc2)C[C@@H]1C(=O)NO.CCOC(=O)[C@@]1(Cc2ccc(OCc3cc(CC)nc4ccccc34)cc2)C[C@@H]1C(=O)NO.Cc1cc(COc2ccc(C[C@]3(C(=O)N4CCC[C@H]4CO)C[C@@H]3C(=O)NO)cc2)c2ccccc2n1. The molecule has 0 unspecified atom stereocenters. The number of nitrogens with zero attached hydrogens (tertiary/aromatic N) is 4. The van der Waals surface area contributed by atoms with Gasteiger partial charge in [0.2, 0.25) is 23.6 Å². The number of carbonyl (C=O) groups excluding carboxylic acids is 6. The van der Waals surface area contributed by atoms with Crippen LogP contribution in [0.5, 0.6) is 17.2 Å². The number of aliphatic hydroxyl groups is 1. The standard InChI is InChI=1S/C28H31N3O5.C26H28N2O5.C25H26N2O5/c1-18-13-20(23-6-2-3-7-25(23)29-18)17-36-22-10-8-19(9-11-22)14-28(15-24(28)26(33)30-35)27(34)31-12-4-5-21(31)16-32;1-3-19-13-18(21-7-5-6-8-23(21)27-19)16-33-20-11-9-17(10-12-20)14-26(25(30)32-4-2)15-22(26)24(29)28-31;1-3-31-24(29)25(14-21(25)23(28)27-30)13-17-8-10-19(11-9-17)32-15-18-12-16(2)26-22-7-5-4-6-20(18)22/h2-3,6-11,13,21,24,32,35H,4-5,12,14-17H2,1H3,(H,30,33);5-13,22,31H,3-4,14-16H2,1-2H3,(H,28,29);4-12,21,30H,3,13-15H2,1-2H3,(H,27,28)/t21-,24+,28-;22-,26+;21-,25+/m011/s1. The highest BCUT2D eigenvalue weighted by Gasteiger charge is 2.66. The molecule has 1 aliphatic heterocycles. The maximum absolute atomic E-state index is 13.5. The van der Waals surface area contributed by atoms with Crippen molar-refractivity contribution in [3.63, 3.8) is 0 Å². The summed E-state index contributed by atoms with van der Waals surface area (Å²) in [5, 5.41) is 40.0. The second kappa shape index (κ2) is 31.9. The topological polar surface area (TPSA) is 307 Å². The van der Waals surface area contributed by atoms with Crippen molar-refractivity contribution < 1.29 is 73.2 Å². The van der Waals surface area contributed by atoms with Gasteiger partial charge in [0.15, 0.2) is 0 Å². The number of hydrogen-bond acceptors (Lipinski definition) is 18. The van der Waals surface area contributed by atoms with Crippen LogP contribution in [-0.4, -0.2) is 109 Å². The largest absolute Gasteiger partial charge is 0.489 e. The second-order valence-electron chi connectivity index (χ2n) is 26.4. The number of ether oxygens (including phenoxy) is 5. The number of aromatic nitrogens is 3. The number of hydroxylamine groups is 3. The molecule has 0 bridgehead atoms. The summed E-state index contributed by atoms with van der Waals surface area (Å²) in [6.07, 6.45) is 4.63. The van der Waals surface area contributed by atoms with Crippen LogP contribution in [0.15, 0.2) is 164 Å². The maximum Gasteiger partial charge on any atom is 0.313 e. The minimum absolute atomic E-state index is 0.0863. The summed E-state index contributed by atoms with van der Waals surface area (Å²) in [4.78, 5) is 90.1. The number of para-hydroxylation sites is 3. The van der Waals surface area contributed by atoms with Gasteiger partial charge in [0, 0.05) is 56.5 Å². The molecule has 22 heteroatoms. The lowest BCUT2D eigenvalue weighted by molar-refractivity contribution is -0.152. The van der Waals surface area contributed by atoms with Gasteiger partial charge in [-0.15, -0.1) is 0 Å².